The normalized spacial score (nSPS) is 11.1. The maximum atomic E-state index is 12.9. The second-order valence-corrected chi connectivity index (χ2v) is 5.59. The van der Waals surface area contributed by atoms with Crippen LogP contribution in [0.1, 0.15) is 15.9 Å². The lowest BCUT2D eigenvalue weighted by Crippen LogP contribution is -2.12. The Morgan fingerprint density at radius 1 is 0.852 bits per heavy atom. The van der Waals surface area contributed by atoms with Gasteiger partial charge in [0.25, 0.3) is 5.91 Å². The molecule has 4 nitrogen and oxygen atoms in total. The van der Waals surface area contributed by atoms with Gasteiger partial charge in [0.1, 0.15) is 11.6 Å². The second-order valence-electron chi connectivity index (χ2n) is 5.59. The minimum Gasteiger partial charge on any atom is -0.340 e. The van der Waals surface area contributed by atoms with Crippen molar-refractivity contribution in [3.8, 4) is 0 Å². The van der Waals surface area contributed by atoms with E-state index in [1.165, 1.54) is 54.7 Å². The van der Waals surface area contributed by atoms with Gasteiger partial charge in [0.15, 0.2) is 0 Å². The molecule has 2 aromatic carbocycles. The van der Waals surface area contributed by atoms with Crippen molar-refractivity contribution in [3.63, 3.8) is 0 Å². The van der Waals surface area contributed by atoms with Crippen LogP contribution in [0.3, 0.4) is 0 Å². The summed E-state index contributed by atoms with van der Waals surface area (Å²) in [5, 5.41) is 5.46. The van der Waals surface area contributed by atoms with Crippen molar-refractivity contribution in [1.82, 2.24) is 4.98 Å². The Bertz CT molecular complexity index is 921. The number of benzene rings is 2. The van der Waals surface area contributed by atoms with Crippen molar-refractivity contribution in [2.45, 2.75) is 6.18 Å². The summed E-state index contributed by atoms with van der Waals surface area (Å²) >= 11 is 0. The van der Waals surface area contributed by atoms with E-state index >= 15 is 0 Å². The standard InChI is InChI=1S/C19H13F4N3O/c20-14-4-8-16(9-5-14)26-18(27)12-1-10-17(24-11-12)25-15-6-2-13(3-7-15)19(21,22)23/h1-11H,(H,24,25)(H,26,27). The molecule has 27 heavy (non-hydrogen) atoms. The van der Waals surface area contributed by atoms with Gasteiger partial charge in [-0.3, -0.25) is 4.79 Å². The van der Waals surface area contributed by atoms with Gasteiger partial charge < -0.3 is 10.6 Å². The van der Waals surface area contributed by atoms with E-state index in [4.69, 9.17) is 0 Å². The fraction of sp³-hybridized carbons (Fsp3) is 0.0526. The smallest absolute Gasteiger partial charge is 0.340 e. The molecule has 0 unspecified atom stereocenters. The van der Waals surface area contributed by atoms with E-state index in [2.05, 4.69) is 15.6 Å². The van der Waals surface area contributed by atoms with Gasteiger partial charge >= 0.3 is 6.18 Å². The third kappa shape index (κ3) is 4.81. The molecule has 0 saturated carbocycles. The molecule has 0 aliphatic rings. The summed E-state index contributed by atoms with van der Waals surface area (Å²) in [6.07, 6.45) is -3.07. The van der Waals surface area contributed by atoms with Crippen molar-refractivity contribution in [1.29, 1.82) is 0 Å². The zero-order valence-electron chi connectivity index (χ0n) is 13.7. The molecule has 0 bridgehead atoms. The number of carbonyl (C=O) groups excluding carboxylic acids is 1. The summed E-state index contributed by atoms with van der Waals surface area (Å²) < 4.78 is 50.5. The highest BCUT2D eigenvalue weighted by molar-refractivity contribution is 6.04. The van der Waals surface area contributed by atoms with Gasteiger partial charge in [-0.25, -0.2) is 9.37 Å². The minimum absolute atomic E-state index is 0.275. The zero-order chi connectivity index (χ0) is 19.4. The van der Waals surface area contributed by atoms with Crippen LogP contribution < -0.4 is 10.6 Å². The summed E-state index contributed by atoms with van der Waals surface area (Å²) in [6, 6.07) is 12.9. The fourth-order valence-electron chi connectivity index (χ4n) is 2.23. The first-order chi connectivity index (χ1) is 12.8. The van der Waals surface area contributed by atoms with Gasteiger partial charge in [-0.05, 0) is 60.7 Å². The zero-order valence-corrected chi connectivity index (χ0v) is 13.7. The Kier molecular flexibility index (Phi) is 5.07. The molecule has 0 saturated heterocycles. The number of amides is 1. The molecule has 0 atom stereocenters. The van der Waals surface area contributed by atoms with Crippen LogP contribution >= 0.6 is 0 Å². The lowest BCUT2D eigenvalue weighted by molar-refractivity contribution is -0.137. The molecule has 0 spiro atoms. The van der Waals surface area contributed by atoms with Gasteiger partial charge in [-0.15, -0.1) is 0 Å². The average Bonchev–Trinajstić information content (AvgIpc) is 2.64. The molecule has 3 aromatic rings. The van der Waals surface area contributed by atoms with E-state index in [9.17, 15) is 22.4 Å². The highest BCUT2D eigenvalue weighted by Crippen LogP contribution is 2.30. The quantitative estimate of drug-likeness (QED) is 0.614. The molecule has 8 heteroatoms. The lowest BCUT2D eigenvalue weighted by Gasteiger charge is -2.09. The predicted molar refractivity (Wildman–Crippen MR) is 93.3 cm³/mol. The van der Waals surface area contributed by atoms with Crippen LogP contribution in [0.2, 0.25) is 0 Å². The van der Waals surface area contributed by atoms with Crippen LogP contribution in [0.5, 0.6) is 0 Å². The fourth-order valence-corrected chi connectivity index (χ4v) is 2.23. The van der Waals surface area contributed by atoms with Gasteiger partial charge in [0.05, 0.1) is 11.1 Å². The van der Waals surface area contributed by atoms with Gasteiger partial charge in [0.2, 0.25) is 0 Å². The summed E-state index contributed by atoms with van der Waals surface area (Å²) in [5.41, 5.74) is 0.401. The van der Waals surface area contributed by atoms with Crippen molar-refractivity contribution < 1.29 is 22.4 Å². The van der Waals surface area contributed by atoms with Crippen LogP contribution in [0, 0.1) is 5.82 Å². The highest BCUT2D eigenvalue weighted by Gasteiger charge is 2.29. The number of nitrogens with zero attached hydrogens (tertiary/aromatic N) is 1. The number of alkyl halides is 3. The highest BCUT2D eigenvalue weighted by atomic mass is 19.4. The molecule has 1 heterocycles. The average molecular weight is 375 g/mol. The number of hydrogen-bond donors (Lipinski definition) is 2. The first-order valence-electron chi connectivity index (χ1n) is 7.78. The minimum atomic E-state index is -4.39. The molecule has 2 N–H and O–H groups in total. The number of anilines is 3. The van der Waals surface area contributed by atoms with E-state index in [0.29, 0.717) is 17.2 Å². The number of hydrogen-bond acceptors (Lipinski definition) is 3. The van der Waals surface area contributed by atoms with E-state index in [0.717, 1.165) is 12.1 Å². The molecule has 0 aliphatic carbocycles. The maximum Gasteiger partial charge on any atom is 0.416 e. The third-order valence-electron chi connectivity index (χ3n) is 3.61. The Morgan fingerprint density at radius 2 is 1.48 bits per heavy atom. The van der Waals surface area contributed by atoms with E-state index in [-0.39, 0.29) is 5.56 Å². The van der Waals surface area contributed by atoms with E-state index in [1.807, 2.05) is 0 Å². The molecule has 138 valence electrons. The van der Waals surface area contributed by atoms with Crippen molar-refractivity contribution in [2.24, 2.45) is 0 Å². The maximum absolute atomic E-state index is 12.9. The van der Waals surface area contributed by atoms with Crippen LogP contribution in [0.15, 0.2) is 66.9 Å². The Hall–Kier alpha value is -3.42. The first kappa shape index (κ1) is 18.4. The topological polar surface area (TPSA) is 54.0 Å². The predicted octanol–water partition coefficient (Wildman–Crippen LogP) is 5.24. The number of carbonyl (C=O) groups is 1. The molecule has 0 fully saturated rings. The van der Waals surface area contributed by atoms with Crippen LogP contribution in [0.25, 0.3) is 0 Å². The first-order valence-corrected chi connectivity index (χ1v) is 7.78. The number of halogens is 4. The molecule has 3 rings (SSSR count). The molecule has 1 aromatic heterocycles. The second kappa shape index (κ2) is 7.45. The molecular formula is C19H13F4N3O. The van der Waals surface area contributed by atoms with Crippen molar-refractivity contribution in [3.05, 3.63) is 83.8 Å². The van der Waals surface area contributed by atoms with Crippen molar-refractivity contribution >= 4 is 23.1 Å². The third-order valence-corrected chi connectivity index (χ3v) is 3.61. The number of pyridine rings is 1. The number of rotatable bonds is 4. The molecule has 0 aliphatic heterocycles. The number of nitrogens with one attached hydrogen (secondary N) is 2. The molecule has 1 amide bonds. The largest absolute Gasteiger partial charge is 0.416 e. The summed E-state index contributed by atoms with van der Waals surface area (Å²) in [7, 11) is 0. The Morgan fingerprint density at radius 3 is 2.04 bits per heavy atom. The Labute approximate surface area is 151 Å². The van der Waals surface area contributed by atoms with Crippen molar-refractivity contribution in [2.75, 3.05) is 10.6 Å². The lowest BCUT2D eigenvalue weighted by atomic mass is 10.2. The molecule has 0 radical (unpaired) electrons. The van der Waals surface area contributed by atoms with Gasteiger partial charge in [-0.2, -0.15) is 13.2 Å². The van der Waals surface area contributed by atoms with Crippen LogP contribution in [0.4, 0.5) is 34.8 Å². The van der Waals surface area contributed by atoms with E-state index in [1.54, 1.807) is 0 Å². The summed E-state index contributed by atoms with van der Waals surface area (Å²) in [6.45, 7) is 0. The SMILES string of the molecule is O=C(Nc1ccc(F)cc1)c1ccc(Nc2ccc(C(F)(F)F)cc2)nc1. The Balaban J connectivity index is 1.64. The monoisotopic (exact) mass is 375 g/mol. The molecular weight excluding hydrogens is 362 g/mol. The van der Waals surface area contributed by atoms with Crippen LogP contribution in [-0.2, 0) is 6.18 Å². The van der Waals surface area contributed by atoms with E-state index < -0.39 is 23.5 Å². The van der Waals surface area contributed by atoms with Crippen LogP contribution in [-0.4, -0.2) is 10.9 Å². The van der Waals surface area contributed by atoms with Gasteiger partial charge in [-0.1, -0.05) is 0 Å². The summed E-state index contributed by atoms with van der Waals surface area (Å²) in [4.78, 5) is 16.2. The summed E-state index contributed by atoms with van der Waals surface area (Å²) in [5.74, 6) is -0.461. The number of aromatic nitrogens is 1. The van der Waals surface area contributed by atoms with Gasteiger partial charge in [0, 0.05) is 17.6 Å².